The number of nitro benzene ring substituents is 1. The van der Waals surface area contributed by atoms with Gasteiger partial charge in [-0.15, -0.1) is 0 Å². The number of ether oxygens (including phenoxy) is 1. The summed E-state index contributed by atoms with van der Waals surface area (Å²) in [5.41, 5.74) is -1.45. The average Bonchev–Trinajstić information content (AvgIpc) is 2.14. The summed E-state index contributed by atoms with van der Waals surface area (Å²) in [5.74, 6) is -2.18. The smallest absolute Gasteiger partial charge is 0.345 e. The van der Waals surface area contributed by atoms with E-state index in [0.29, 0.717) is 0 Å². The molecule has 0 aliphatic rings. The van der Waals surface area contributed by atoms with Crippen LogP contribution in [0.15, 0.2) is 12.1 Å². The Morgan fingerprint density at radius 2 is 2.20 bits per heavy atom. The first-order valence-corrected chi connectivity index (χ1v) is 4.07. The third-order valence-electron chi connectivity index (χ3n) is 1.62. The highest BCUT2D eigenvalue weighted by atomic mass is 35.5. The largest absolute Gasteiger partial charge is 0.465 e. The van der Waals surface area contributed by atoms with Crippen molar-refractivity contribution in [3.05, 3.63) is 38.7 Å². The van der Waals surface area contributed by atoms with E-state index in [1.54, 1.807) is 0 Å². The van der Waals surface area contributed by atoms with Gasteiger partial charge in [0.1, 0.15) is 5.56 Å². The van der Waals surface area contributed by atoms with Gasteiger partial charge in [-0.2, -0.15) is 4.39 Å². The Labute approximate surface area is 88.6 Å². The number of hydrogen-bond acceptors (Lipinski definition) is 4. The van der Waals surface area contributed by atoms with E-state index in [2.05, 4.69) is 4.74 Å². The van der Waals surface area contributed by atoms with Gasteiger partial charge in [-0.3, -0.25) is 10.1 Å². The lowest BCUT2D eigenvalue weighted by Gasteiger charge is -2.02. The molecule has 0 aliphatic carbocycles. The Morgan fingerprint density at radius 3 is 2.67 bits per heavy atom. The summed E-state index contributed by atoms with van der Waals surface area (Å²) in [6.45, 7) is 0. The number of carbonyl (C=O) groups excluding carboxylic acids is 1. The molecule has 1 aromatic carbocycles. The minimum Gasteiger partial charge on any atom is -0.465 e. The fourth-order valence-electron chi connectivity index (χ4n) is 1.02. The van der Waals surface area contributed by atoms with Gasteiger partial charge in [0.15, 0.2) is 0 Å². The lowest BCUT2D eigenvalue weighted by Crippen LogP contribution is -2.07. The normalized spacial score (nSPS) is 9.80. The number of esters is 1. The van der Waals surface area contributed by atoms with Gasteiger partial charge in [0.05, 0.1) is 12.0 Å². The molecule has 0 unspecified atom stereocenters. The van der Waals surface area contributed by atoms with Crippen LogP contribution in [0.2, 0.25) is 5.02 Å². The van der Waals surface area contributed by atoms with Crippen molar-refractivity contribution in [1.29, 1.82) is 0 Å². The number of halogens is 2. The number of carbonyl (C=O) groups is 1. The van der Waals surface area contributed by atoms with Crippen LogP contribution in [-0.2, 0) is 4.74 Å². The zero-order valence-electron chi connectivity index (χ0n) is 7.49. The van der Waals surface area contributed by atoms with E-state index in [1.165, 1.54) is 0 Å². The maximum atomic E-state index is 13.1. The summed E-state index contributed by atoms with van der Waals surface area (Å²) in [7, 11) is 1.03. The lowest BCUT2D eigenvalue weighted by molar-refractivity contribution is -0.387. The number of nitro groups is 1. The highest BCUT2D eigenvalue weighted by molar-refractivity contribution is 6.31. The first kappa shape index (κ1) is 11.4. The van der Waals surface area contributed by atoms with Crippen molar-refractivity contribution in [2.75, 3.05) is 7.11 Å². The second kappa shape index (κ2) is 4.22. The summed E-state index contributed by atoms with van der Waals surface area (Å²) in [6.07, 6.45) is 0. The molecule has 15 heavy (non-hydrogen) atoms. The molecule has 0 radical (unpaired) electrons. The second-order valence-corrected chi connectivity index (χ2v) is 2.97. The summed E-state index contributed by atoms with van der Waals surface area (Å²) < 4.78 is 17.4. The summed E-state index contributed by atoms with van der Waals surface area (Å²) in [6, 6.07) is 1.74. The molecule has 0 aliphatic heterocycles. The molecule has 0 amide bonds. The average molecular weight is 234 g/mol. The first-order chi connectivity index (χ1) is 6.97. The molecule has 80 valence electrons. The second-order valence-electron chi connectivity index (χ2n) is 2.53. The number of rotatable bonds is 2. The van der Waals surface area contributed by atoms with Crippen LogP contribution in [0.3, 0.4) is 0 Å². The zero-order chi connectivity index (χ0) is 11.6. The van der Waals surface area contributed by atoms with E-state index >= 15 is 0 Å². The third-order valence-corrected chi connectivity index (χ3v) is 1.83. The van der Waals surface area contributed by atoms with E-state index in [-0.39, 0.29) is 5.02 Å². The van der Waals surface area contributed by atoms with Crippen LogP contribution in [0.4, 0.5) is 10.1 Å². The van der Waals surface area contributed by atoms with Gasteiger partial charge in [0, 0.05) is 5.02 Å². The van der Waals surface area contributed by atoms with Gasteiger partial charge in [-0.1, -0.05) is 11.6 Å². The Kier molecular flexibility index (Phi) is 3.21. The molecule has 0 bridgehead atoms. The van der Waals surface area contributed by atoms with Crippen molar-refractivity contribution in [1.82, 2.24) is 0 Å². The van der Waals surface area contributed by atoms with E-state index in [9.17, 15) is 19.3 Å². The molecular formula is C8H5ClFNO4. The van der Waals surface area contributed by atoms with Crippen molar-refractivity contribution in [3.8, 4) is 0 Å². The van der Waals surface area contributed by atoms with Gasteiger partial charge in [-0.25, -0.2) is 4.79 Å². The third kappa shape index (κ3) is 2.21. The van der Waals surface area contributed by atoms with Crippen LogP contribution in [0, 0.1) is 15.9 Å². The summed E-state index contributed by atoms with van der Waals surface area (Å²) in [4.78, 5) is 20.6. The minimum absolute atomic E-state index is 0.112. The van der Waals surface area contributed by atoms with Gasteiger partial charge >= 0.3 is 11.7 Å². The van der Waals surface area contributed by atoms with Crippen LogP contribution >= 0.6 is 11.6 Å². The molecule has 0 N–H and O–H groups in total. The number of nitrogens with zero attached hydrogens (tertiary/aromatic N) is 1. The molecule has 5 nitrogen and oxygen atoms in total. The van der Waals surface area contributed by atoms with Crippen LogP contribution in [0.1, 0.15) is 10.4 Å². The Hall–Kier alpha value is -1.69. The van der Waals surface area contributed by atoms with Crippen molar-refractivity contribution in [2.45, 2.75) is 0 Å². The minimum atomic E-state index is -1.17. The summed E-state index contributed by atoms with van der Waals surface area (Å²) >= 11 is 5.46. The van der Waals surface area contributed by atoms with Crippen molar-refractivity contribution in [3.63, 3.8) is 0 Å². The van der Waals surface area contributed by atoms with Gasteiger partial charge in [0.2, 0.25) is 5.82 Å². The van der Waals surface area contributed by atoms with Crippen LogP contribution in [0.5, 0.6) is 0 Å². The molecule has 0 saturated carbocycles. The van der Waals surface area contributed by atoms with E-state index in [0.717, 1.165) is 19.2 Å². The molecule has 1 aromatic rings. The number of methoxy groups -OCH3 is 1. The molecule has 0 fully saturated rings. The predicted octanol–water partition coefficient (Wildman–Crippen LogP) is 2.17. The number of benzene rings is 1. The highest BCUT2D eigenvalue weighted by Gasteiger charge is 2.26. The summed E-state index contributed by atoms with van der Waals surface area (Å²) in [5, 5.41) is 10.4. The van der Waals surface area contributed by atoms with Crippen molar-refractivity contribution >= 4 is 23.3 Å². The Morgan fingerprint density at radius 1 is 1.60 bits per heavy atom. The Bertz CT molecular complexity index is 435. The molecule has 0 heterocycles. The van der Waals surface area contributed by atoms with Crippen LogP contribution < -0.4 is 0 Å². The SMILES string of the molecule is COC(=O)c1cc(Cl)cc(F)c1[N+](=O)[O-]. The van der Waals surface area contributed by atoms with Gasteiger partial charge in [-0.05, 0) is 12.1 Å². The molecular weight excluding hydrogens is 229 g/mol. The zero-order valence-corrected chi connectivity index (χ0v) is 8.25. The van der Waals surface area contributed by atoms with Gasteiger partial charge < -0.3 is 4.74 Å². The topological polar surface area (TPSA) is 69.4 Å². The van der Waals surface area contributed by atoms with Crippen molar-refractivity contribution < 1.29 is 18.8 Å². The highest BCUT2D eigenvalue weighted by Crippen LogP contribution is 2.27. The first-order valence-electron chi connectivity index (χ1n) is 3.69. The standard InChI is InChI=1S/C8H5ClFNO4/c1-15-8(12)5-2-4(9)3-6(10)7(5)11(13)14/h2-3H,1H3. The fraction of sp³-hybridized carbons (Fsp3) is 0.125. The fourth-order valence-corrected chi connectivity index (χ4v) is 1.22. The maximum Gasteiger partial charge on any atom is 0.345 e. The quantitative estimate of drug-likeness (QED) is 0.446. The maximum absolute atomic E-state index is 13.1. The van der Waals surface area contributed by atoms with E-state index < -0.39 is 28.0 Å². The number of hydrogen-bond donors (Lipinski definition) is 0. The van der Waals surface area contributed by atoms with Crippen LogP contribution in [0.25, 0.3) is 0 Å². The van der Waals surface area contributed by atoms with E-state index in [4.69, 9.17) is 11.6 Å². The van der Waals surface area contributed by atoms with E-state index in [1.807, 2.05) is 0 Å². The predicted molar refractivity (Wildman–Crippen MR) is 49.4 cm³/mol. The molecule has 1 rings (SSSR count). The molecule has 0 saturated heterocycles. The monoisotopic (exact) mass is 233 g/mol. The molecule has 7 heteroatoms. The lowest BCUT2D eigenvalue weighted by atomic mass is 10.2. The molecule has 0 aromatic heterocycles. The van der Waals surface area contributed by atoms with Crippen LogP contribution in [-0.4, -0.2) is 18.0 Å². The Balaban J connectivity index is 3.46. The molecule has 0 atom stereocenters. The van der Waals surface area contributed by atoms with Crippen molar-refractivity contribution in [2.24, 2.45) is 0 Å². The molecule has 0 spiro atoms. The van der Waals surface area contributed by atoms with Gasteiger partial charge in [0.25, 0.3) is 0 Å².